The van der Waals surface area contributed by atoms with Crippen molar-refractivity contribution in [2.45, 2.75) is 0 Å². The Morgan fingerprint density at radius 2 is 2.11 bits per heavy atom. The van der Waals surface area contributed by atoms with Crippen LogP contribution >= 0.6 is 11.3 Å². The average molecular weight is 374 g/mol. The first-order chi connectivity index (χ1) is 13.2. The Morgan fingerprint density at radius 3 is 2.89 bits per heavy atom. The first kappa shape index (κ1) is 16.9. The monoisotopic (exact) mass is 374 g/mol. The van der Waals surface area contributed by atoms with E-state index in [0.29, 0.717) is 27.8 Å². The maximum Gasteiger partial charge on any atom is 0.161 e. The Bertz CT molecular complexity index is 1160. The third-order valence-corrected chi connectivity index (χ3v) is 4.92. The van der Waals surface area contributed by atoms with Crippen molar-refractivity contribution in [2.75, 3.05) is 7.11 Å². The molecule has 4 rings (SSSR count). The number of nitriles is 1. The van der Waals surface area contributed by atoms with Gasteiger partial charge in [0.2, 0.25) is 0 Å². The van der Waals surface area contributed by atoms with E-state index in [9.17, 15) is 10.4 Å². The molecule has 132 valence electrons. The number of nitrogens with zero attached hydrogens (tertiary/aromatic N) is 2. The summed E-state index contributed by atoms with van der Waals surface area (Å²) in [6.07, 6.45) is 1.71. The van der Waals surface area contributed by atoms with Gasteiger partial charge >= 0.3 is 0 Å². The molecule has 0 saturated heterocycles. The number of rotatable bonds is 4. The van der Waals surface area contributed by atoms with Gasteiger partial charge in [0.1, 0.15) is 22.4 Å². The predicted molar refractivity (Wildman–Crippen MR) is 105 cm³/mol. The molecule has 6 heteroatoms. The summed E-state index contributed by atoms with van der Waals surface area (Å²) < 4.78 is 10.9. The maximum atomic E-state index is 9.70. The van der Waals surface area contributed by atoms with Crippen LogP contribution in [0.2, 0.25) is 0 Å². The number of phenols is 1. The fourth-order valence-electron chi connectivity index (χ4n) is 2.71. The van der Waals surface area contributed by atoms with Gasteiger partial charge in [0.05, 0.1) is 12.7 Å². The number of allylic oxidation sites excluding steroid dienone is 1. The zero-order valence-corrected chi connectivity index (χ0v) is 15.2. The van der Waals surface area contributed by atoms with Crippen molar-refractivity contribution in [1.29, 1.82) is 5.26 Å². The molecule has 0 unspecified atom stereocenters. The standard InChI is InChI=1S/C21H14N2O3S/c1-25-20-9-13(6-7-17(20)24)8-15(11-22)21-23-16(12-27-21)19-10-14-4-2-3-5-18(14)26-19/h2-10,12,24H,1H3/b15-8+. The third kappa shape index (κ3) is 3.28. The first-order valence-corrected chi connectivity index (χ1v) is 8.99. The lowest BCUT2D eigenvalue weighted by Crippen LogP contribution is -1.86. The molecule has 0 fully saturated rings. The van der Waals surface area contributed by atoms with Crippen LogP contribution in [0.5, 0.6) is 11.5 Å². The second-order valence-corrected chi connectivity index (χ2v) is 6.65. The number of furan rings is 1. The van der Waals surface area contributed by atoms with Crippen molar-refractivity contribution in [3.63, 3.8) is 0 Å². The van der Waals surface area contributed by atoms with Gasteiger partial charge in [0.25, 0.3) is 0 Å². The van der Waals surface area contributed by atoms with E-state index in [4.69, 9.17) is 9.15 Å². The van der Waals surface area contributed by atoms with Gasteiger partial charge < -0.3 is 14.3 Å². The van der Waals surface area contributed by atoms with Gasteiger partial charge in [0.15, 0.2) is 17.3 Å². The van der Waals surface area contributed by atoms with E-state index >= 15 is 0 Å². The topological polar surface area (TPSA) is 79.3 Å². The SMILES string of the molecule is COc1cc(/C=C(\C#N)c2nc(-c3cc4ccccc4o3)cs2)ccc1O. The highest BCUT2D eigenvalue weighted by Gasteiger charge is 2.13. The van der Waals surface area contributed by atoms with Gasteiger partial charge in [-0.15, -0.1) is 11.3 Å². The fraction of sp³-hybridized carbons (Fsp3) is 0.0476. The van der Waals surface area contributed by atoms with E-state index in [2.05, 4.69) is 11.1 Å². The van der Waals surface area contributed by atoms with E-state index in [1.807, 2.05) is 35.7 Å². The molecule has 0 aliphatic heterocycles. The molecule has 0 aliphatic carbocycles. The molecule has 2 aromatic carbocycles. The minimum Gasteiger partial charge on any atom is -0.504 e. The molecule has 0 aliphatic rings. The summed E-state index contributed by atoms with van der Waals surface area (Å²) in [7, 11) is 1.48. The molecular weight excluding hydrogens is 360 g/mol. The first-order valence-electron chi connectivity index (χ1n) is 8.11. The Hall–Kier alpha value is -3.56. The Morgan fingerprint density at radius 1 is 1.26 bits per heavy atom. The minimum absolute atomic E-state index is 0.0505. The van der Waals surface area contributed by atoms with Crippen LogP contribution in [-0.2, 0) is 0 Å². The van der Waals surface area contributed by atoms with Crippen LogP contribution in [0.1, 0.15) is 10.6 Å². The number of hydrogen-bond donors (Lipinski definition) is 1. The zero-order valence-electron chi connectivity index (χ0n) is 14.3. The normalized spacial score (nSPS) is 11.5. The summed E-state index contributed by atoms with van der Waals surface area (Å²) >= 11 is 1.38. The smallest absolute Gasteiger partial charge is 0.161 e. The van der Waals surface area contributed by atoms with Crippen molar-refractivity contribution in [3.05, 3.63) is 64.5 Å². The Labute approximate surface area is 159 Å². The second kappa shape index (κ2) is 6.98. The second-order valence-electron chi connectivity index (χ2n) is 5.79. The highest BCUT2D eigenvalue weighted by molar-refractivity contribution is 7.11. The van der Waals surface area contributed by atoms with Gasteiger partial charge in [-0.2, -0.15) is 5.26 Å². The molecule has 2 heterocycles. The maximum absolute atomic E-state index is 9.70. The van der Waals surface area contributed by atoms with Crippen LogP contribution in [0.25, 0.3) is 34.1 Å². The summed E-state index contributed by atoms with van der Waals surface area (Å²) in [5.41, 5.74) is 2.65. The lowest BCUT2D eigenvalue weighted by molar-refractivity contribution is 0.373. The van der Waals surface area contributed by atoms with E-state index in [0.717, 1.165) is 16.5 Å². The molecular formula is C21H14N2O3S. The summed E-state index contributed by atoms with van der Waals surface area (Å²) in [6, 6.07) is 16.8. The van der Waals surface area contributed by atoms with Crippen molar-refractivity contribution >= 4 is 34.0 Å². The van der Waals surface area contributed by atoms with E-state index < -0.39 is 0 Å². The van der Waals surface area contributed by atoms with E-state index in [1.165, 1.54) is 24.5 Å². The highest BCUT2D eigenvalue weighted by atomic mass is 32.1. The largest absolute Gasteiger partial charge is 0.504 e. The lowest BCUT2D eigenvalue weighted by Gasteiger charge is -2.04. The van der Waals surface area contributed by atoms with Crippen molar-refractivity contribution < 1.29 is 14.3 Å². The van der Waals surface area contributed by atoms with Crippen LogP contribution in [0.3, 0.4) is 0 Å². The Balaban J connectivity index is 1.69. The van der Waals surface area contributed by atoms with Crippen LogP contribution < -0.4 is 4.74 Å². The van der Waals surface area contributed by atoms with E-state index in [-0.39, 0.29) is 5.75 Å². The molecule has 4 aromatic rings. The van der Waals surface area contributed by atoms with Crippen LogP contribution in [0.4, 0.5) is 0 Å². The van der Waals surface area contributed by atoms with Crippen molar-refractivity contribution in [1.82, 2.24) is 4.98 Å². The van der Waals surface area contributed by atoms with Crippen molar-refractivity contribution in [3.8, 4) is 29.0 Å². The number of benzene rings is 2. The number of hydrogen-bond acceptors (Lipinski definition) is 6. The van der Waals surface area contributed by atoms with Crippen LogP contribution in [0, 0.1) is 11.3 Å². The molecule has 0 atom stereocenters. The fourth-order valence-corrected chi connectivity index (χ4v) is 3.49. The molecule has 2 aromatic heterocycles. The molecule has 0 amide bonds. The predicted octanol–water partition coefficient (Wildman–Crippen LogP) is 5.33. The van der Waals surface area contributed by atoms with Gasteiger partial charge in [-0.3, -0.25) is 0 Å². The summed E-state index contributed by atoms with van der Waals surface area (Å²) in [5.74, 6) is 1.07. The number of aromatic nitrogens is 1. The van der Waals surface area contributed by atoms with Gasteiger partial charge in [-0.1, -0.05) is 24.3 Å². The van der Waals surface area contributed by atoms with Gasteiger partial charge in [-0.05, 0) is 35.9 Å². The third-order valence-electron chi connectivity index (χ3n) is 4.05. The molecule has 1 N–H and O–H groups in total. The number of para-hydroxylation sites is 1. The zero-order chi connectivity index (χ0) is 18.8. The number of ether oxygens (including phenoxy) is 1. The number of fused-ring (bicyclic) bond motifs is 1. The summed E-state index contributed by atoms with van der Waals surface area (Å²) in [4.78, 5) is 4.56. The average Bonchev–Trinajstić information content (AvgIpc) is 3.34. The van der Waals surface area contributed by atoms with Crippen molar-refractivity contribution in [2.24, 2.45) is 0 Å². The summed E-state index contributed by atoms with van der Waals surface area (Å²) in [5, 5.41) is 22.7. The van der Waals surface area contributed by atoms with Gasteiger partial charge in [0, 0.05) is 10.8 Å². The van der Waals surface area contributed by atoms with E-state index in [1.54, 1.807) is 18.2 Å². The molecule has 0 spiro atoms. The summed E-state index contributed by atoms with van der Waals surface area (Å²) in [6.45, 7) is 0. The number of aromatic hydroxyl groups is 1. The molecule has 0 bridgehead atoms. The molecule has 5 nitrogen and oxygen atoms in total. The molecule has 27 heavy (non-hydrogen) atoms. The molecule has 0 saturated carbocycles. The number of methoxy groups -OCH3 is 1. The highest BCUT2D eigenvalue weighted by Crippen LogP contribution is 2.32. The Kier molecular flexibility index (Phi) is 4.37. The lowest BCUT2D eigenvalue weighted by atomic mass is 10.1. The van der Waals surface area contributed by atoms with Crippen LogP contribution in [0.15, 0.2) is 58.3 Å². The van der Waals surface area contributed by atoms with Crippen LogP contribution in [-0.4, -0.2) is 17.2 Å². The minimum atomic E-state index is 0.0505. The quantitative estimate of drug-likeness (QED) is 0.488. The number of thiazole rings is 1. The number of phenolic OH excluding ortho intramolecular Hbond substituents is 1. The van der Waals surface area contributed by atoms with Gasteiger partial charge in [-0.25, -0.2) is 4.98 Å². The molecule has 0 radical (unpaired) electrons.